The van der Waals surface area contributed by atoms with E-state index in [1.807, 2.05) is 60.7 Å². The van der Waals surface area contributed by atoms with Crippen LogP contribution in [0.1, 0.15) is 10.4 Å². The zero-order chi connectivity index (χ0) is 15.6. The summed E-state index contributed by atoms with van der Waals surface area (Å²) in [4.78, 5) is 21.1. The molecule has 0 bridgehead atoms. The summed E-state index contributed by atoms with van der Waals surface area (Å²) in [6.45, 7) is 0. The van der Waals surface area contributed by atoms with Crippen molar-refractivity contribution in [3.8, 4) is 0 Å². The molecule has 0 radical (unpaired) electrons. The fourth-order valence-corrected chi connectivity index (χ4v) is 2.54. The highest BCUT2D eigenvalue weighted by atomic mass is 16.1. The molecule has 1 N–H and O–H groups in total. The van der Waals surface area contributed by atoms with E-state index in [1.165, 1.54) is 0 Å². The van der Waals surface area contributed by atoms with Gasteiger partial charge >= 0.3 is 0 Å². The van der Waals surface area contributed by atoms with Gasteiger partial charge < -0.3 is 5.32 Å². The third-order valence-electron chi connectivity index (χ3n) is 3.71. The number of hydrogen-bond acceptors (Lipinski definition) is 3. The van der Waals surface area contributed by atoms with Gasteiger partial charge in [0.15, 0.2) is 0 Å². The summed E-state index contributed by atoms with van der Waals surface area (Å²) in [5.74, 6) is 0.360. The second-order valence-corrected chi connectivity index (χ2v) is 5.25. The van der Waals surface area contributed by atoms with E-state index in [0.717, 1.165) is 21.8 Å². The average molecular weight is 299 g/mol. The van der Waals surface area contributed by atoms with E-state index in [9.17, 15) is 4.79 Å². The third kappa shape index (κ3) is 2.62. The van der Waals surface area contributed by atoms with Crippen molar-refractivity contribution >= 4 is 33.5 Å². The second-order valence-electron chi connectivity index (χ2n) is 5.25. The lowest BCUT2D eigenvalue weighted by atomic mass is 10.1. The molecule has 23 heavy (non-hydrogen) atoms. The van der Waals surface area contributed by atoms with Gasteiger partial charge in [-0.15, -0.1) is 0 Å². The highest BCUT2D eigenvalue weighted by Gasteiger charge is 2.08. The summed E-state index contributed by atoms with van der Waals surface area (Å²) >= 11 is 0. The van der Waals surface area contributed by atoms with Gasteiger partial charge in [0, 0.05) is 22.5 Å². The summed E-state index contributed by atoms with van der Waals surface area (Å²) in [6, 6.07) is 20.8. The number of carbonyl (C=O) groups is 1. The van der Waals surface area contributed by atoms with Crippen molar-refractivity contribution in [1.29, 1.82) is 0 Å². The van der Waals surface area contributed by atoms with Gasteiger partial charge in [-0.05, 0) is 42.5 Å². The monoisotopic (exact) mass is 299 g/mol. The molecule has 4 aromatic rings. The number of amides is 1. The van der Waals surface area contributed by atoms with E-state index >= 15 is 0 Å². The molecule has 0 aliphatic rings. The number of nitrogens with zero attached hydrogens (tertiary/aromatic N) is 2. The summed E-state index contributed by atoms with van der Waals surface area (Å²) < 4.78 is 0. The quantitative estimate of drug-likeness (QED) is 0.608. The van der Waals surface area contributed by atoms with Crippen molar-refractivity contribution in [1.82, 2.24) is 9.97 Å². The van der Waals surface area contributed by atoms with Crippen molar-refractivity contribution in [2.45, 2.75) is 0 Å². The number of anilines is 1. The molecule has 2 heterocycles. The Morgan fingerprint density at radius 2 is 1.70 bits per heavy atom. The van der Waals surface area contributed by atoms with E-state index in [4.69, 9.17) is 0 Å². The Hall–Kier alpha value is -3.27. The number of para-hydroxylation sites is 1. The zero-order valence-corrected chi connectivity index (χ0v) is 12.2. The van der Waals surface area contributed by atoms with Crippen molar-refractivity contribution in [3.63, 3.8) is 0 Å². The van der Waals surface area contributed by atoms with Gasteiger partial charge in [0.25, 0.3) is 5.91 Å². The van der Waals surface area contributed by atoms with E-state index in [2.05, 4.69) is 15.3 Å². The van der Waals surface area contributed by atoms with E-state index in [-0.39, 0.29) is 5.91 Å². The number of benzene rings is 2. The molecule has 0 saturated heterocycles. The van der Waals surface area contributed by atoms with Crippen LogP contribution in [0.25, 0.3) is 21.8 Å². The Kier molecular flexibility index (Phi) is 3.20. The van der Waals surface area contributed by atoms with Crippen LogP contribution >= 0.6 is 0 Å². The van der Waals surface area contributed by atoms with Crippen LogP contribution in [0.15, 0.2) is 72.9 Å². The number of hydrogen-bond donors (Lipinski definition) is 1. The molecule has 110 valence electrons. The fourth-order valence-electron chi connectivity index (χ4n) is 2.54. The summed E-state index contributed by atoms with van der Waals surface area (Å²) in [5, 5.41) is 4.83. The van der Waals surface area contributed by atoms with Crippen LogP contribution in [0.5, 0.6) is 0 Å². The molecule has 4 rings (SSSR count). The summed E-state index contributed by atoms with van der Waals surface area (Å²) in [7, 11) is 0. The largest absolute Gasteiger partial charge is 0.307 e. The van der Waals surface area contributed by atoms with Gasteiger partial charge in [0.05, 0.1) is 11.0 Å². The smallest absolute Gasteiger partial charge is 0.256 e. The Morgan fingerprint density at radius 1 is 0.826 bits per heavy atom. The fraction of sp³-hybridized carbons (Fsp3) is 0. The topological polar surface area (TPSA) is 54.9 Å². The molecule has 4 heteroatoms. The Labute approximate surface area is 132 Å². The van der Waals surface area contributed by atoms with Gasteiger partial charge in [0.2, 0.25) is 0 Å². The number of fused-ring (bicyclic) bond motifs is 2. The van der Waals surface area contributed by atoms with Crippen LogP contribution in [-0.2, 0) is 0 Å². The molecule has 0 atom stereocenters. The van der Waals surface area contributed by atoms with Gasteiger partial charge in [-0.1, -0.05) is 24.3 Å². The minimum atomic E-state index is -0.182. The molecule has 0 saturated carbocycles. The van der Waals surface area contributed by atoms with Gasteiger partial charge in [-0.25, -0.2) is 4.98 Å². The summed E-state index contributed by atoms with van der Waals surface area (Å²) in [5.41, 5.74) is 2.31. The minimum Gasteiger partial charge on any atom is -0.307 e. The molecular weight excluding hydrogens is 286 g/mol. The highest BCUT2D eigenvalue weighted by molar-refractivity contribution is 6.06. The lowest BCUT2D eigenvalue weighted by Crippen LogP contribution is -2.12. The van der Waals surface area contributed by atoms with Gasteiger partial charge in [0.1, 0.15) is 5.82 Å². The normalized spacial score (nSPS) is 10.8. The molecule has 2 aromatic heterocycles. The number of rotatable bonds is 2. The first-order chi connectivity index (χ1) is 11.3. The molecule has 0 aliphatic heterocycles. The maximum absolute atomic E-state index is 12.4. The molecule has 0 spiro atoms. The lowest BCUT2D eigenvalue weighted by Gasteiger charge is -2.06. The van der Waals surface area contributed by atoms with Crippen molar-refractivity contribution in [3.05, 3.63) is 78.5 Å². The van der Waals surface area contributed by atoms with Gasteiger partial charge in [-0.3, -0.25) is 9.78 Å². The molecule has 0 unspecified atom stereocenters. The molecule has 1 amide bonds. The third-order valence-corrected chi connectivity index (χ3v) is 3.71. The molecule has 2 aromatic carbocycles. The first-order valence-electron chi connectivity index (χ1n) is 7.31. The minimum absolute atomic E-state index is 0.182. The predicted octanol–water partition coefficient (Wildman–Crippen LogP) is 4.04. The van der Waals surface area contributed by atoms with Crippen LogP contribution in [0.2, 0.25) is 0 Å². The van der Waals surface area contributed by atoms with Gasteiger partial charge in [-0.2, -0.15) is 0 Å². The van der Waals surface area contributed by atoms with Crippen LogP contribution in [0.3, 0.4) is 0 Å². The highest BCUT2D eigenvalue weighted by Crippen LogP contribution is 2.17. The maximum Gasteiger partial charge on any atom is 0.256 e. The predicted molar refractivity (Wildman–Crippen MR) is 91.4 cm³/mol. The SMILES string of the molecule is O=C(Nc1ccc2ccccc2n1)c1ccc2ncccc2c1. The molecule has 0 aliphatic carbocycles. The molecule has 0 fully saturated rings. The van der Waals surface area contributed by atoms with Crippen molar-refractivity contribution in [2.24, 2.45) is 0 Å². The first kappa shape index (κ1) is 13.4. The molecular formula is C19H13N3O. The number of pyridine rings is 2. The average Bonchev–Trinajstić information content (AvgIpc) is 2.61. The maximum atomic E-state index is 12.4. The lowest BCUT2D eigenvalue weighted by molar-refractivity contribution is 0.102. The van der Waals surface area contributed by atoms with E-state index < -0.39 is 0 Å². The van der Waals surface area contributed by atoms with Crippen molar-refractivity contribution in [2.75, 3.05) is 5.32 Å². The van der Waals surface area contributed by atoms with E-state index in [1.54, 1.807) is 12.3 Å². The Balaban J connectivity index is 1.64. The number of aromatic nitrogens is 2. The molecule has 4 nitrogen and oxygen atoms in total. The number of carbonyl (C=O) groups excluding carboxylic acids is 1. The van der Waals surface area contributed by atoms with Crippen LogP contribution in [0, 0.1) is 0 Å². The second kappa shape index (κ2) is 5.50. The standard InChI is InChI=1S/C19H13N3O/c23-19(15-7-9-16-14(12-15)5-3-11-20-16)22-18-10-8-13-4-1-2-6-17(13)21-18/h1-12H,(H,21,22,23). The Morgan fingerprint density at radius 3 is 2.65 bits per heavy atom. The number of nitrogens with one attached hydrogen (secondary N) is 1. The first-order valence-corrected chi connectivity index (χ1v) is 7.31. The zero-order valence-electron chi connectivity index (χ0n) is 12.2. The van der Waals surface area contributed by atoms with Crippen LogP contribution in [0.4, 0.5) is 5.82 Å². The summed E-state index contributed by atoms with van der Waals surface area (Å²) in [6.07, 6.45) is 1.74. The van der Waals surface area contributed by atoms with Crippen molar-refractivity contribution < 1.29 is 4.79 Å². The van der Waals surface area contributed by atoms with Crippen LogP contribution < -0.4 is 5.32 Å². The van der Waals surface area contributed by atoms with Crippen LogP contribution in [-0.4, -0.2) is 15.9 Å². The van der Waals surface area contributed by atoms with E-state index in [0.29, 0.717) is 11.4 Å². The Bertz CT molecular complexity index is 1030.